The maximum atomic E-state index is 12.7. The number of imidazole rings is 1. The summed E-state index contributed by atoms with van der Waals surface area (Å²) >= 11 is 0. The van der Waals surface area contributed by atoms with Crippen LogP contribution >= 0.6 is 0 Å². The molecule has 2 aromatic heterocycles. The van der Waals surface area contributed by atoms with Crippen molar-refractivity contribution in [3.63, 3.8) is 0 Å². The zero-order chi connectivity index (χ0) is 17.9. The number of amides is 1. The summed E-state index contributed by atoms with van der Waals surface area (Å²) in [4.78, 5) is 19.3. The Hall–Kier alpha value is -2.82. The molecule has 0 radical (unpaired) electrons. The zero-order valence-corrected chi connectivity index (χ0v) is 15.1. The van der Waals surface area contributed by atoms with Gasteiger partial charge in [-0.3, -0.25) is 4.79 Å². The van der Waals surface area contributed by atoms with E-state index in [-0.39, 0.29) is 5.91 Å². The fraction of sp³-hybridized carbons (Fsp3) is 0.333. The smallest absolute Gasteiger partial charge is 0.270 e. The van der Waals surface area contributed by atoms with Gasteiger partial charge in [0.1, 0.15) is 11.5 Å². The van der Waals surface area contributed by atoms with Gasteiger partial charge in [0.2, 0.25) is 0 Å². The maximum Gasteiger partial charge on any atom is 0.270 e. The van der Waals surface area contributed by atoms with Crippen LogP contribution in [0.1, 0.15) is 40.6 Å². The number of hydrogen-bond donors (Lipinski definition) is 0. The number of carbonyl (C=O) groups is 1. The minimum absolute atomic E-state index is 0.128. The van der Waals surface area contributed by atoms with E-state index in [1.165, 1.54) is 5.56 Å². The van der Waals surface area contributed by atoms with Crippen LogP contribution in [-0.2, 0) is 13.6 Å². The second-order valence-corrected chi connectivity index (χ2v) is 6.97. The van der Waals surface area contributed by atoms with Crippen LogP contribution in [0.3, 0.4) is 0 Å². The van der Waals surface area contributed by atoms with Crippen molar-refractivity contribution in [2.75, 3.05) is 13.1 Å². The third-order valence-corrected chi connectivity index (χ3v) is 5.25. The number of aromatic nitrogens is 3. The highest BCUT2D eigenvalue weighted by molar-refractivity contribution is 5.92. The molecule has 4 rings (SSSR count). The summed E-state index contributed by atoms with van der Waals surface area (Å²) in [5.41, 5.74) is 2.04. The molecule has 0 bridgehead atoms. The summed E-state index contributed by atoms with van der Waals surface area (Å²) in [5, 5.41) is 0. The third kappa shape index (κ3) is 3.29. The largest absolute Gasteiger partial charge is 0.347 e. The lowest BCUT2D eigenvalue weighted by Gasteiger charge is -2.32. The fourth-order valence-corrected chi connectivity index (χ4v) is 3.78. The van der Waals surface area contributed by atoms with Gasteiger partial charge in [0, 0.05) is 51.2 Å². The van der Waals surface area contributed by atoms with Gasteiger partial charge >= 0.3 is 0 Å². The van der Waals surface area contributed by atoms with Gasteiger partial charge in [-0.1, -0.05) is 30.3 Å². The van der Waals surface area contributed by atoms with Crippen molar-refractivity contribution in [3.8, 4) is 0 Å². The molecule has 0 spiro atoms. The van der Waals surface area contributed by atoms with Crippen LogP contribution in [0.2, 0.25) is 0 Å². The molecule has 134 valence electrons. The molecule has 5 heteroatoms. The van der Waals surface area contributed by atoms with Crippen LogP contribution in [0.4, 0.5) is 0 Å². The number of likely N-dealkylation sites (tertiary alicyclic amines) is 1. The van der Waals surface area contributed by atoms with E-state index in [1.807, 2.05) is 47.1 Å². The van der Waals surface area contributed by atoms with Crippen molar-refractivity contribution in [3.05, 3.63) is 78.1 Å². The lowest BCUT2D eigenvalue weighted by atomic mass is 9.95. The van der Waals surface area contributed by atoms with Gasteiger partial charge in [0.25, 0.3) is 5.91 Å². The van der Waals surface area contributed by atoms with Crippen molar-refractivity contribution in [2.24, 2.45) is 7.05 Å². The molecular weight excluding hydrogens is 324 g/mol. The molecule has 1 aliphatic rings. The molecule has 0 unspecified atom stereocenters. The molecule has 1 saturated heterocycles. The number of carbonyl (C=O) groups excluding carboxylic acids is 1. The Morgan fingerprint density at radius 2 is 1.85 bits per heavy atom. The average molecular weight is 348 g/mol. The predicted octanol–water partition coefficient (Wildman–Crippen LogP) is 3.29. The SMILES string of the molecule is Cn1cccc1C(=O)N1CCC(c2nccn2Cc2ccccc2)CC1. The Kier molecular flexibility index (Phi) is 4.61. The maximum absolute atomic E-state index is 12.7. The summed E-state index contributed by atoms with van der Waals surface area (Å²) < 4.78 is 4.13. The van der Waals surface area contributed by atoms with Gasteiger partial charge in [0.15, 0.2) is 0 Å². The van der Waals surface area contributed by atoms with Gasteiger partial charge in [-0.15, -0.1) is 0 Å². The normalized spacial score (nSPS) is 15.3. The zero-order valence-electron chi connectivity index (χ0n) is 15.1. The van der Waals surface area contributed by atoms with Gasteiger partial charge in [-0.05, 0) is 30.5 Å². The van der Waals surface area contributed by atoms with E-state index >= 15 is 0 Å². The Labute approximate surface area is 153 Å². The van der Waals surface area contributed by atoms with E-state index in [4.69, 9.17) is 0 Å². The average Bonchev–Trinajstić information content (AvgIpc) is 3.31. The van der Waals surface area contributed by atoms with Crippen LogP contribution < -0.4 is 0 Å². The van der Waals surface area contributed by atoms with Crippen LogP contribution in [0.25, 0.3) is 0 Å². The van der Waals surface area contributed by atoms with Crippen molar-refractivity contribution in [2.45, 2.75) is 25.3 Å². The molecule has 1 amide bonds. The molecule has 0 atom stereocenters. The summed E-state index contributed by atoms with van der Waals surface area (Å²) in [6.07, 6.45) is 7.79. The Morgan fingerprint density at radius 1 is 1.08 bits per heavy atom. The second-order valence-electron chi connectivity index (χ2n) is 6.97. The topological polar surface area (TPSA) is 43.1 Å². The van der Waals surface area contributed by atoms with Crippen molar-refractivity contribution >= 4 is 5.91 Å². The van der Waals surface area contributed by atoms with Gasteiger partial charge in [-0.25, -0.2) is 4.98 Å². The van der Waals surface area contributed by atoms with Gasteiger partial charge < -0.3 is 14.0 Å². The molecule has 5 nitrogen and oxygen atoms in total. The number of rotatable bonds is 4. The lowest BCUT2D eigenvalue weighted by molar-refractivity contribution is 0.0701. The lowest BCUT2D eigenvalue weighted by Crippen LogP contribution is -2.39. The first-order valence-electron chi connectivity index (χ1n) is 9.18. The standard InChI is InChI=1S/C21H24N4O/c1-23-12-5-8-19(23)21(26)24-13-9-18(10-14-24)20-22-11-15-25(20)16-17-6-3-2-4-7-17/h2-8,11-12,15,18H,9-10,13-14,16H2,1H3. The molecule has 1 fully saturated rings. The van der Waals surface area contributed by atoms with E-state index in [9.17, 15) is 4.79 Å². The minimum Gasteiger partial charge on any atom is -0.347 e. The second kappa shape index (κ2) is 7.20. The van der Waals surface area contributed by atoms with Crippen molar-refractivity contribution in [1.29, 1.82) is 0 Å². The Morgan fingerprint density at radius 3 is 2.54 bits per heavy atom. The first-order chi connectivity index (χ1) is 12.7. The predicted molar refractivity (Wildman–Crippen MR) is 101 cm³/mol. The molecule has 0 N–H and O–H groups in total. The van der Waals surface area contributed by atoms with Crippen molar-refractivity contribution in [1.82, 2.24) is 19.0 Å². The summed E-state index contributed by atoms with van der Waals surface area (Å²) in [6.45, 7) is 2.42. The van der Waals surface area contributed by atoms with E-state index in [0.717, 1.165) is 44.0 Å². The Bertz CT molecular complexity index is 872. The Balaban J connectivity index is 1.42. The molecule has 0 saturated carbocycles. The van der Waals surface area contributed by atoms with Crippen LogP contribution in [0.5, 0.6) is 0 Å². The quantitative estimate of drug-likeness (QED) is 0.726. The highest BCUT2D eigenvalue weighted by Crippen LogP contribution is 2.28. The van der Waals surface area contributed by atoms with Crippen LogP contribution in [-0.4, -0.2) is 38.0 Å². The summed E-state index contributed by atoms with van der Waals surface area (Å²) in [7, 11) is 1.92. The summed E-state index contributed by atoms with van der Waals surface area (Å²) in [6, 6.07) is 14.3. The monoisotopic (exact) mass is 348 g/mol. The molecular formula is C21H24N4O. The molecule has 26 heavy (non-hydrogen) atoms. The summed E-state index contributed by atoms with van der Waals surface area (Å²) in [5.74, 6) is 1.68. The number of nitrogens with zero attached hydrogens (tertiary/aromatic N) is 4. The third-order valence-electron chi connectivity index (χ3n) is 5.25. The molecule has 1 aromatic carbocycles. The van der Waals surface area contributed by atoms with E-state index in [1.54, 1.807) is 0 Å². The number of piperidine rings is 1. The van der Waals surface area contributed by atoms with Crippen LogP contribution in [0, 0.1) is 0 Å². The highest BCUT2D eigenvalue weighted by Gasteiger charge is 2.27. The fourth-order valence-electron chi connectivity index (χ4n) is 3.78. The van der Waals surface area contributed by atoms with Gasteiger partial charge in [0.05, 0.1) is 0 Å². The van der Waals surface area contributed by atoms with Crippen molar-refractivity contribution < 1.29 is 4.79 Å². The number of benzene rings is 1. The molecule has 3 heterocycles. The first kappa shape index (κ1) is 16.6. The van der Waals surface area contributed by atoms with E-state index in [0.29, 0.717) is 5.92 Å². The first-order valence-corrected chi connectivity index (χ1v) is 9.18. The number of aryl methyl sites for hydroxylation is 1. The van der Waals surface area contributed by atoms with Crippen LogP contribution in [0.15, 0.2) is 61.1 Å². The van der Waals surface area contributed by atoms with E-state index < -0.39 is 0 Å². The minimum atomic E-state index is 0.128. The molecule has 0 aliphatic carbocycles. The van der Waals surface area contributed by atoms with Gasteiger partial charge in [-0.2, -0.15) is 0 Å². The highest BCUT2D eigenvalue weighted by atomic mass is 16.2. The molecule has 3 aromatic rings. The van der Waals surface area contributed by atoms with E-state index in [2.05, 4.69) is 40.0 Å². The number of hydrogen-bond acceptors (Lipinski definition) is 2. The molecule has 1 aliphatic heterocycles.